The van der Waals surface area contributed by atoms with Gasteiger partial charge in [-0.3, -0.25) is 19.3 Å². The highest BCUT2D eigenvalue weighted by atomic mass is 16.5. The van der Waals surface area contributed by atoms with Crippen molar-refractivity contribution in [1.82, 2.24) is 4.90 Å². The molecule has 132 valence electrons. The number of ether oxygens (including phenoxy) is 1. The molecule has 0 bridgehead atoms. The molecule has 2 heterocycles. The van der Waals surface area contributed by atoms with Gasteiger partial charge in [-0.05, 0) is 44.0 Å². The van der Waals surface area contributed by atoms with Crippen molar-refractivity contribution in [1.29, 1.82) is 0 Å². The molecular weight excluding hydrogens is 324 g/mol. The second-order valence-electron chi connectivity index (χ2n) is 6.25. The van der Waals surface area contributed by atoms with E-state index in [9.17, 15) is 19.2 Å². The second-order valence-corrected chi connectivity index (χ2v) is 6.25. The van der Waals surface area contributed by atoms with E-state index in [1.807, 2.05) is 0 Å². The summed E-state index contributed by atoms with van der Waals surface area (Å²) >= 11 is 0. The Morgan fingerprint density at radius 2 is 1.56 bits per heavy atom. The van der Waals surface area contributed by atoms with Gasteiger partial charge in [0.15, 0.2) is 6.10 Å². The quantitative estimate of drug-likeness (QED) is 0.611. The van der Waals surface area contributed by atoms with Crippen molar-refractivity contribution in [2.24, 2.45) is 0 Å². The number of benzene rings is 1. The van der Waals surface area contributed by atoms with Crippen LogP contribution in [0.2, 0.25) is 0 Å². The predicted molar refractivity (Wildman–Crippen MR) is 88.9 cm³/mol. The molecule has 0 N–H and O–H groups in total. The van der Waals surface area contributed by atoms with E-state index in [0.717, 1.165) is 17.7 Å². The normalized spacial score (nSPS) is 18.6. The minimum absolute atomic E-state index is 0.185. The third-order valence-electron chi connectivity index (χ3n) is 4.46. The zero-order valence-electron chi connectivity index (χ0n) is 14.1. The van der Waals surface area contributed by atoms with Gasteiger partial charge in [-0.15, -0.1) is 0 Å². The minimum atomic E-state index is -0.841. The highest BCUT2D eigenvalue weighted by Gasteiger charge is 2.30. The van der Waals surface area contributed by atoms with Gasteiger partial charge in [0.25, 0.3) is 5.91 Å². The molecule has 0 aromatic heterocycles. The molecule has 0 radical (unpaired) electrons. The fraction of sp³-hybridized carbons (Fsp3) is 0.444. The number of likely N-dealkylation sites (tertiary alicyclic amines) is 1. The van der Waals surface area contributed by atoms with Crippen LogP contribution in [0, 0.1) is 0 Å². The lowest BCUT2D eigenvalue weighted by atomic mass is 10.2. The van der Waals surface area contributed by atoms with Gasteiger partial charge in [0.2, 0.25) is 11.8 Å². The maximum atomic E-state index is 12.2. The zero-order valence-corrected chi connectivity index (χ0v) is 14.1. The molecule has 1 atom stereocenters. The number of hydrogen-bond donors (Lipinski definition) is 0. The molecule has 1 aromatic carbocycles. The molecule has 7 nitrogen and oxygen atoms in total. The predicted octanol–water partition coefficient (Wildman–Crippen LogP) is 1.51. The Balaban J connectivity index is 1.63. The molecule has 0 saturated carbocycles. The first-order valence-electron chi connectivity index (χ1n) is 8.43. The molecule has 3 amide bonds. The number of hydrogen-bond acceptors (Lipinski definition) is 5. The Bertz CT molecular complexity index is 691. The molecule has 25 heavy (non-hydrogen) atoms. The summed E-state index contributed by atoms with van der Waals surface area (Å²) in [7, 11) is 0. The Morgan fingerprint density at radius 3 is 2.12 bits per heavy atom. The average Bonchev–Trinajstić information content (AvgIpc) is 3.24. The molecule has 1 aromatic rings. The van der Waals surface area contributed by atoms with E-state index in [4.69, 9.17) is 4.74 Å². The van der Waals surface area contributed by atoms with E-state index in [2.05, 4.69) is 0 Å². The maximum absolute atomic E-state index is 12.2. The zero-order chi connectivity index (χ0) is 18.0. The van der Waals surface area contributed by atoms with Crippen LogP contribution in [0.15, 0.2) is 24.3 Å². The van der Waals surface area contributed by atoms with Gasteiger partial charge in [0.1, 0.15) is 0 Å². The van der Waals surface area contributed by atoms with Crippen molar-refractivity contribution in [3.8, 4) is 0 Å². The van der Waals surface area contributed by atoms with Crippen molar-refractivity contribution < 1.29 is 23.9 Å². The van der Waals surface area contributed by atoms with Crippen molar-refractivity contribution >= 4 is 29.4 Å². The minimum Gasteiger partial charge on any atom is -0.449 e. The standard InChI is InChI=1S/C18H20N2O5/c1-12(17(23)19-10-2-3-11-19)25-18(24)13-4-6-14(7-5-13)20-15(21)8-9-16(20)22/h4-7,12H,2-3,8-11H2,1H3/t12-/m1/s1. The van der Waals surface area contributed by atoms with Crippen LogP contribution in [0.4, 0.5) is 5.69 Å². The molecule has 2 saturated heterocycles. The number of nitrogens with zero attached hydrogens (tertiary/aromatic N) is 2. The number of carbonyl (C=O) groups is 4. The summed E-state index contributed by atoms with van der Waals surface area (Å²) in [6, 6.07) is 6.04. The van der Waals surface area contributed by atoms with Crippen LogP contribution in [0.5, 0.6) is 0 Å². The number of imide groups is 1. The first-order valence-corrected chi connectivity index (χ1v) is 8.43. The number of rotatable bonds is 4. The number of amides is 3. The van der Waals surface area contributed by atoms with Crippen LogP contribution in [0.3, 0.4) is 0 Å². The van der Waals surface area contributed by atoms with Gasteiger partial charge < -0.3 is 9.64 Å². The summed E-state index contributed by atoms with van der Waals surface area (Å²) in [5, 5.41) is 0. The monoisotopic (exact) mass is 344 g/mol. The van der Waals surface area contributed by atoms with Gasteiger partial charge in [0.05, 0.1) is 11.3 Å². The van der Waals surface area contributed by atoms with Gasteiger partial charge in [-0.25, -0.2) is 4.79 Å². The maximum Gasteiger partial charge on any atom is 0.338 e. The van der Waals surface area contributed by atoms with Crippen molar-refractivity contribution in [2.45, 2.75) is 38.7 Å². The smallest absolute Gasteiger partial charge is 0.338 e. The Hall–Kier alpha value is -2.70. The van der Waals surface area contributed by atoms with E-state index < -0.39 is 12.1 Å². The lowest BCUT2D eigenvalue weighted by Crippen LogP contribution is -2.38. The molecule has 2 aliphatic heterocycles. The van der Waals surface area contributed by atoms with E-state index in [1.165, 1.54) is 24.3 Å². The van der Waals surface area contributed by atoms with Crippen LogP contribution < -0.4 is 4.90 Å². The SMILES string of the molecule is C[C@@H](OC(=O)c1ccc(N2C(=O)CCC2=O)cc1)C(=O)N1CCCC1. The third-order valence-corrected chi connectivity index (χ3v) is 4.46. The summed E-state index contributed by atoms with van der Waals surface area (Å²) in [6.45, 7) is 2.97. The van der Waals surface area contributed by atoms with Crippen molar-refractivity contribution in [3.05, 3.63) is 29.8 Å². The van der Waals surface area contributed by atoms with Crippen molar-refractivity contribution in [2.75, 3.05) is 18.0 Å². The first-order chi connectivity index (χ1) is 12.0. The Labute approximate surface area is 145 Å². The van der Waals surface area contributed by atoms with Gasteiger partial charge in [0, 0.05) is 25.9 Å². The van der Waals surface area contributed by atoms with Crippen LogP contribution in [-0.2, 0) is 19.1 Å². The summed E-state index contributed by atoms with van der Waals surface area (Å²) in [5.41, 5.74) is 0.703. The molecule has 0 unspecified atom stereocenters. The van der Waals surface area contributed by atoms with E-state index >= 15 is 0 Å². The molecule has 7 heteroatoms. The summed E-state index contributed by atoms with van der Waals surface area (Å²) < 4.78 is 5.24. The first kappa shape index (κ1) is 17.1. The largest absolute Gasteiger partial charge is 0.449 e. The molecule has 3 rings (SSSR count). The Kier molecular flexibility index (Phi) is 4.83. The number of carbonyl (C=O) groups excluding carboxylic acids is 4. The van der Waals surface area contributed by atoms with Gasteiger partial charge >= 0.3 is 5.97 Å². The summed E-state index contributed by atoms with van der Waals surface area (Å²) in [5.74, 6) is -1.28. The van der Waals surface area contributed by atoms with E-state index in [-0.39, 0.29) is 36.1 Å². The van der Waals surface area contributed by atoms with Crippen LogP contribution in [0.1, 0.15) is 43.0 Å². The van der Waals surface area contributed by atoms with Crippen LogP contribution in [0.25, 0.3) is 0 Å². The second kappa shape index (κ2) is 7.04. The fourth-order valence-electron chi connectivity index (χ4n) is 3.08. The fourth-order valence-corrected chi connectivity index (χ4v) is 3.08. The lowest BCUT2D eigenvalue weighted by Gasteiger charge is -2.20. The number of esters is 1. The van der Waals surface area contributed by atoms with Crippen molar-refractivity contribution in [3.63, 3.8) is 0 Å². The average molecular weight is 344 g/mol. The number of anilines is 1. The topological polar surface area (TPSA) is 84.0 Å². The van der Waals surface area contributed by atoms with Gasteiger partial charge in [-0.1, -0.05) is 0 Å². The lowest BCUT2D eigenvalue weighted by molar-refractivity contribution is -0.138. The van der Waals surface area contributed by atoms with E-state index in [0.29, 0.717) is 18.8 Å². The highest BCUT2D eigenvalue weighted by molar-refractivity contribution is 6.19. The van der Waals surface area contributed by atoms with E-state index in [1.54, 1.807) is 11.8 Å². The Morgan fingerprint density at radius 1 is 1.00 bits per heavy atom. The van der Waals surface area contributed by atoms with Crippen LogP contribution >= 0.6 is 0 Å². The summed E-state index contributed by atoms with van der Waals surface area (Å²) in [6.07, 6.45) is 1.52. The van der Waals surface area contributed by atoms with Gasteiger partial charge in [-0.2, -0.15) is 0 Å². The molecule has 0 aliphatic carbocycles. The summed E-state index contributed by atoms with van der Waals surface area (Å²) in [4.78, 5) is 50.6. The molecular formula is C18H20N2O5. The molecule has 2 aliphatic rings. The third kappa shape index (κ3) is 3.55. The van der Waals surface area contributed by atoms with Crippen LogP contribution in [-0.4, -0.2) is 47.8 Å². The molecule has 2 fully saturated rings. The highest BCUT2D eigenvalue weighted by Crippen LogP contribution is 2.23. The molecule has 0 spiro atoms.